The number of nitrogens with one attached hydrogen (secondary N) is 1. The van der Waals surface area contributed by atoms with Crippen LogP contribution in [-0.4, -0.2) is 20.1 Å². The summed E-state index contributed by atoms with van der Waals surface area (Å²) < 4.78 is 0. The summed E-state index contributed by atoms with van der Waals surface area (Å²) >= 11 is 0. The van der Waals surface area contributed by atoms with Gasteiger partial charge in [-0.25, -0.2) is 0 Å². The average Bonchev–Trinajstić information content (AvgIpc) is 2.39. The molecular weight excluding hydrogens is 196 g/mol. The maximum Gasteiger partial charge on any atom is 0.0367 e. The van der Waals surface area contributed by atoms with Gasteiger partial charge in [0.1, 0.15) is 0 Å². The maximum absolute atomic E-state index is 3.16. The first-order valence-electron chi connectivity index (χ1n) is 6.36. The number of nitrogens with zero attached hydrogens (tertiary/aromatic N) is 1. The van der Waals surface area contributed by atoms with E-state index in [1.54, 1.807) is 0 Å². The molecule has 0 bridgehead atoms. The lowest BCUT2D eigenvalue weighted by atomic mass is 9.95. The SMILES string of the molecule is CCC1CCCN(c2ccc(NC)cc2)C1. The Bertz CT molecular complexity index is 318. The summed E-state index contributed by atoms with van der Waals surface area (Å²) in [4.78, 5) is 2.52. The van der Waals surface area contributed by atoms with Crippen LogP contribution < -0.4 is 10.2 Å². The van der Waals surface area contributed by atoms with Gasteiger partial charge in [-0.3, -0.25) is 0 Å². The lowest BCUT2D eigenvalue weighted by molar-refractivity contribution is 0.405. The van der Waals surface area contributed by atoms with Crippen LogP contribution in [0.5, 0.6) is 0 Å². The van der Waals surface area contributed by atoms with Crippen molar-refractivity contribution < 1.29 is 0 Å². The lowest BCUT2D eigenvalue weighted by Gasteiger charge is -2.34. The molecule has 1 aromatic rings. The Morgan fingerprint density at radius 1 is 1.31 bits per heavy atom. The van der Waals surface area contributed by atoms with Crippen molar-refractivity contribution in [1.29, 1.82) is 0 Å². The molecule has 0 aromatic heterocycles. The summed E-state index contributed by atoms with van der Waals surface area (Å²) in [6.07, 6.45) is 4.05. The van der Waals surface area contributed by atoms with Gasteiger partial charge in [0.2, 0.25) is 0 Å². The number of piperidine rings is 1. The molecule has 16 heavy (non-hydrogen) atoms. The molecule has 88 valence electrons. The van der Waals surface area contributed by atoms with E-state index in [0.29, 0.717) is 0 Å². The quantitative estimate of drug-likeness (QED) is 0.837. The van der Waals surface area contributed by atoms with Gasteiger partial charge in [0.15, 0.2) is 0 Å². The molecule has 1 atom stereocenters. The molecule has 1 aliphatic heterocycles. The summed E-state index contributed by atoms with van der Waals surface area (Å²) in [6, 6.07) is 8.77. The molecule has 1 aromatic carbocycles. The Morgan fingerprint density at radius 2 is 2.06 bits per heavy atom. The van der Waals surface area contributed by atoms with Crippen molar-refractivity contribution in [1.82, 2.24) is 0 Å². The second-order valence-corrected chi connectivity index (χ2v) is 4.66. The van der Waals surface area contributed by atoms with Crippen LogP contribution >= 0.6 is 0 Å². The average molecular weight is 218 g/mol. The number of hydrogen-bond donors (Lipinski definition) is 1. The zero-order valence-electron chi connectivity index (χ0n) is 10.4. The van der Waals surface area contributed by atoms with Crippen molar-refractivity contribution in [2.75, 3.05) is 30.4 Å². The van der Waals surface area contributed by atoms with Crippen LogP contribution in [0.4, 0.5) is 11.4 Å². The molecule has 0 saturated carbocycles. The van der Waals surface area contributed by atoms with Gasteiger partial charge in [-0.15, -0.1) is 0 Å². The number of rotatable bonds is 3. The van der Waals surface area contributed by atoms with Crippen molar-refractivity contribution in [2.24, 2.45) is 5.92 Å². The van der Waals surface area contributed by atoms with E-state index in [9.17, 15) is 0 Å². The number of anilines is 2. The molecular formula is C14H22N2. The third-order valence-electron chi connectivity index (χ3n) is 3.62. The Kier molecular flexibility index (Phi) is 3.70. The highest BCUT2D eigenvalue weighted by atomic mass is 15.1. The molecule has 1 N–H and O–H groups in total. The van der Waals surface area contributed by atoms with E-state index in [1.165, 1.54) is 43.7 Å². The summed E-state index contributed by atoms with van der Waals surface area (Å²) in [6.45, 7) is 4.75. The van der Waals surface area contributed by atoms with Crippen LogP contribution in [0.25, 0.3) is 0 Å². The van der Waals surface area contributed by atoms with Gasteiger partial charge >= 0.3 is 0 Å². The summed E-state index contributed by atoms with van der Waals surface area (Å²) in [5, 5.41) is 3.16. The zero-order chi connectivity index (χ0) is 11.4. The highest BCUT2D eigenvalue weighted by Gasteiger charge is 2.18. The topological polar surface area (TPSA) is 15.3 Å². The van der Waals surface area contributed by atoms with Gasteiger partial charge in [0.05, 0.1) is 0 Å². The molecule has 1 fully saturated rings. The zero-order valence-corrected chi connectivity index (χ0v) is 10.4. The van der Waals surface area contributed by atoms with Crippen molar-refractivity contribution in [2.45, 2.75) is 26.2 Å². The van der Waals surface area contributed by atoms with Crippen LogP contribution in [-0.2, 0) is 0 Å². The molecule has 1 heterocycles. The molecule has 1 saturated heterocycles. The van der Waals surface area contributed by atoms with Crippen molar-refractivity contribution >= 4 is 11.4 Å². The smallest absolute Gasteiger partial charge is 0.0367 e. The Labute approximate surface area is 98.7 Å². The van der Waals surface area contributed by atoms with Gasteiger partial charge in [-0.1, -0.05) is 13.3 Å². The lowest BCUT2D eigenvalue weighted by Crippen LogP contribution is -2.35. The maximum atomic E-state index is 3.16. The van der Waals surface area contributed by atoms with Gasteiger partial charge < -0.3 is 10.2 Å². The molecule has 2 nitrogen and oxygen atoms in total. The predicted molar refractivity (Wildman–Crippen MR) is 71.2 cm³/mol. The van der Waals surface area contributed by atoms with Crippen LogP contribution in [0.15, 0.2) is 24.3 Å². The standard InChI is InChI=1S/C14H22N2/c1-3-12-5-4-10-16(11-12)14-8-6-13(15-2)7-9-14/h6-9,12,15H,3-5,10-11H2,1-2H3. The molecule has 2 heteroatoms. The Morgan fingerprint density at radius 3 is 2.69 bits per heavy atom. The highest BCUT2D eigenvalue weighted by Crippen LogP contribution is 2.25. The van der Waals surface area contributed by atoms with Crippen LogP contribution in [0.2, 0.25) is 0 Å². The molecule has 0 aliphatic carbocycles. The van der Waals surface area contributed by atoms with Gasteiger partial charge in [0, 0.05) is 31.5 Å². The molecule has 1 unspecified atom stereocenters. The van der Waals surface area contributed by atoms with Crippen LogP contribution in [0.3, 0.4) is 0 Å². The van der Waals surface area contributed by atoms with E-state index in [-0.39, 0.29) is 0 Å². The normalized spacial score (nSPS) is 20.9. The van der Waals surface area contributed by atoms with E-state index in [0.717, 1.165) is 5.92 Å². The second kappa shape index (κ2) is 5.24. The Balaban J connectivity index is 2.05. The largest absolute Gasteiger partial charge is 0.388 e. The third kappa shape index (κ3) is 2.49. The van der Waals surface area contributed by atoms with E-state index in [1.807, 2.05) is 7.05 Å². The highest BCUT2D eigenvalue weighted by molar-refractivity contribution is 5.55. The minimum Gasteiger partial charge on any atom is -0.388 e. The van der Waals surface area contributed by atoms with E-state index < -0.39 is 0 Å². The fourth-order valence-corrected chi connectivity index (χ4v) is 2.47. The molecule has 0 spiro atoms. The fourth-order valence-electron chi connectivity index (χ4n) is 2.47. The van der Waals surface area contributed by atoms with Crippen molar-refractivity contribution in [3.8, 4) is 0 Å². The first-order valence-corrected chi connectivity index (χ1v) is 6.36. The monoisotopic (exact) mass is 218 g/mol. The minimum absolute atomic E-state index is 0.887. The van der Waals surface area contributed by atoms with E-state index >= 15 is 0 Å². The van der Waals surface area contributed by atoms with Crippen molar-refractivity contribution in [3.63, 3.8) is 0 Å². The molecule has 1 aliphatic rings. The predicted octanol–water partition coefficient (Wildman–Crippen LogP) is 3.35. The summed E-state index contributed by atoms with van der Waals surface area (Å²) in [5.74, 6) is 0.887. The summed E-state index contributed by atoms with van der Waals surface area (Å²) in [5.41, 5.74) is 2.56. The third-order valence-corrected chi connectivity index (χ3v) is 3.62. The second-order valence-electron chi connectivity index (χ2n) is 4.66. The van der Waals surface area contributed by atoms with Gasteiger partial charge in [-0.05, 0) is 43.0 Å². The molecule has 0 amide bonds. The number of benzene rings is 1. The van der Waals surface area contributed by atoms with Gasteiger partial charge in [0.25, 0.3) is 0 Å². The number of hydrogen-bond acceptors (Lipinski definition) is 2. The Hall–Kier alpha value is -1.18. The first-order chi connectivity index (χ1) is 7.83. The minimum atomic E-state index is 0.887. The molecule has 0 radical (unpaired) electrons. The fraction of sp³-hybridized carbons (Fsp3) is 0.571. The first kappa shape index (κ1) is 11.3. The van der Waals surface area contributed by atoms with Crippen LogP contribution in [0.1, 0.15) is 26.2 Å². The molecule has 2 rings (SSSR count). The van der Waals surface area contributed by atoms with Gasteiger partial charge in [-0.2, -0.15) is 0 Å². The summed E-state index contributed by atoms with van der Waals surface area (Å²) in [7, 11) is 1.96. The van der Waals surface area contributed by atoms with Crippen molar-refractivity contribution in [3.05, 3.63) is 24.3 Å². The van der Waals surface area contributed by atoms with E-state index in [4.69, 9.17) is 0 Å². The van der Waals surface area contributed by atoms with E-state index in [2.05, 4.69) is 41.4 Å². The van der Waals surface area contributed by atoms with Crippen LogP contribution in [0, 0.1) is 5.92 Å².